The van der Waals surface area contributed by atoms with E-state index in [9.17, 15) is 14.7 Å². The van der Waals surface area contributed by atoms with Crippen molar-refractivity contribution in [2.75, 3.05) is 6.54 Å². The van der Waals surface area contributed by atoms with Crippen molar-refractivity contribution in [1.29, 1.82) is 0 Å². The first-order valence-electron chi connectivity index (χ1n) is 6.28. The molecule has 112 valence electrons. The number of hydrogen-bond donors (Lipinski definition) is 4. The number of nitrogens with zero attached hydrogens (tertiary/aromatic N) is 2. The second kappa shape index (κ2) is 5.13. The second-order valence-electron chi connectivity index (χ2n) is 5.12. The number of carboxylic acid groups (broad SMARTS) is 1. The molecule has 0 bridgehead atoms. The first-order chi connectivity index (χ1) is 9.72. The fourth-order valence-corrected chi connectivity index (χ4v) is 1.90. The third-order valence-electron chi connectivity index (χ3n) is 3.13. The van der Waals surface area contributed by atoms with Crippen LogP contribution < -0.4 is 5.32 Å². The lowest BCUT2D eigenvalue weighted by Crippen LogP contribution is -2.46. The summed E-state index contributed by atoms with van der Waals surface area (Å²) in [6, 6.07) is 1.59. The summed E-state index contributed by atoms with van der Waals surface area (Å²) < 4.78 is 0. The summed E-state index contributed by atoms with van der Waals surface area (Å²) >= 11 is 0. The molecule has 2 aromatic rings. The van der Waals surface area contributed by atoms with Gasteiger partial charge in [0, 0.05) is 11.4 Å². The maximum atomic E-state index is 12.2. The molecule has 0 fully saturated rings. The quantitative estimate of drug-likeness (QED) is 0.634. The summed E-state index contributed by atoms with van der Waals surface area (Å²) in [6.07, 6.45) is 0. The minimum Gasteiger partial charge on any atom is -0.479 e. The molecule has 0 aromatic carbocycles. The number of carbonyl (C=O) groups excluding carboxylic acids is 1. The Morgan fingerprint density at radius 3 is 2.71 bits per heavy atom. The number of amides is 1. The zero-order chi connectivity index (χ0) is 15.8. The molecule has 2 heterocycles. The summed E-state index contributed by atoms with van der Waals surface area (Å²) in [5.74, 6) is -1.89. The molecule has 0 radical (unpaired) electrons. The van der Waals surface area contributed by atoms with Gasteiger partial charge in [-0.05, 0) is 26.8 Å². The Hall–Kier alpha value is -2.48. The van der Waals surface area contributed by atoms with Gasteiger partial charge in [-0.1, -0.05) is 0 Å². The highest BCUT2D eigenvalue weighted by Crippen LogP contribution is 2.20. The molecule has 8 heteroatoms. The number of rotatable bonds is 4. The van der Waals surface area contributed by atoms with E-state index in [1.807, 2.05) is 0 Å². The Morgan fingerprint density at radius 2 is 2.10 bits per heavy atom. The molecule has 0 saturated carbocycles. The highest BCUT2D eigenvalue weighted by Gasteiger charge is 2.30. The second-order valence-corrected chi connectivity index (χ2v) is 5.12. The SMILES string of the molecule is Cc1cc(C(=O)NCC(C)(O)C(=O)O)c2c(C)[nH]nc2n1. The van der Waals surface area contributed by atoms with Crippen molar-refractivity contribution in [3.63, 3.8) is 0 Å². The Morgan fingerprint density at radius 1 is 1.43 bits per heavy atom. The lowest BCUT2D eigenvalue weighted by atomic mass is 10.1. The van der Waals surface area contributed by atoms with Gasteiger partial charge in [-0.25, -0.2) is 9.78 Å². The van der Waals surface area contributed by atoms with E-state index in [0.29, 0.717) is 28.0 Å². The average molecular weight is 292 g/mol. The van der Waals surface area contributed by atoms with E-state index >= 15 is 0 Å². The smallest absolute Gasteiger partial charge is 0.337 e. The predicted octanol–water partition coefficient (Wildman–Crippen LogP) is 0.140. The third kappa shape index (κ3) is 2.84. The number of carbonyl (C=O) groups is 2. The molecule has 1 atom stereocenters. The first-order valence-corrected chi connectivity index (χ1v) is 6.28. The van der Waals surface area contributed by atoms with E-state index < -0.39 is 24.0 Å². The highest BCUT2D eigenvalue weighted by atomic mass is 16.4. The van der Waals surface area contributed by atoms with Gasteiger partial charge in [0.15, 0.2) is 11.2 Å². The predicted molar refractivity (Wildman–Crippen MR) is 74.0 cm³/mol. The van der Waals surface area contributed by atoms with Crippen LogP contribution in [0.2, 0.25) is 0 Å². The number of pyridine rings is 1. The standard InChI is InChI=1S/C13H16N4O4/c1-6-4-8(9-7(2)16-17-10(9)15-6)11(18)14-5-13(3,21)12(19)20/h4,21H,5H2,1-3H3,(H,14,18)(H,19,20)(H,15,16,17). The number of aliphatic hydroxyl groups is 1. The van der Waals surface area contributed by atoms with Gasteiger partial charge < -0.3 is 15.5 Å². The summed E-state index contributed by atoms with van der Waals surface area (Å²) in [6.45, 7) is 4.21. The van der Waals surface area contributed by atoms with Gasteiger partial charge >= 0.3 is 5.97 Å². The van der Waals surface area contributed by atoms with Crippen molar-refractivity contribution in [3.8, 4) is 0 Å². The number of hydrogen-bond acceptors (Lipinski definition) is 5. The number of aryl methyl sites for hydroxylation is 2. The molecule has 0 aliphatic heterocycles. The Labute approximate surface area is 120 Å². The molecule has 0 spiro atoms. The van der Waals surface area contributed by atoms with Crippen LogP contribution in [0, 0.1) is 13.8 Å². The fraction of sp³-hybridized carbons (Fsp3) is 0.385. The Bertz CT molecular complexity index is 720. The number of H-pyrrole nitrogens is 1. The van der Waals surface area contributed by atoms with Crippen LogP contribution in [0.1, 0.15) is 28.7 Å². The van der Waals surface area contributed by atoms with Crippen LogP contribution in [0.15, 0.2) is 6.07 Å². The average Bonchev–Trinajstić information content (AvgIpc) is 2.76. The number of fused-ring (bicyclic) bond motifs is 1. The molecule has 1 amide bonds. The van der Waals surface area contributed by atoms with Crippen LogP contribution in [0.3, 0.4) is 0 Å². The summed E-state index contributed by atoms with van der Waals surface area (Å²) in [7, 11) is 0. The Kier molecular flexibility index (Phi) is 3.65. The summed E-state index contributed by atoms with van der Waals surface area (Å²) in [5, 5.41) is 28.2. The third-order valence-corrected chi connectivity index (χ3v) is 3.13. The van der Waals surface area contributed by atoms with E-state index in [4.69, 9.17) is 5.11 Å². The molecule has 4 N–H and O–H groups in total. The fourth-order valence-electron chi connectivity index (χ4n) is 1.90. The van der Waals surface area contributed by atoms with Crippen LogP contribution in [-0.2, 0) is 4.79 Å². The molecule has 2 rings (SSSR count). The Balaban J connectivity index is 2.32. The van der Waals surface area contributed by atoms with Crippen molar-refractivity contribution in [2.45, 2.75) is 26.4 Å². The maximum Gasteiger partial charge on any atom is 0.337 e. The molecule has 0 aliphatic rings. The van der Waals surface area contributed by atoms with Crippen LogP contribution in [0.4, 0.5) is 0 Å². The van der Waals surface area contributed by atoms with E-state index in [1.165, 1.54) is 0 Å². The topological polar surface area (TPSA) is 128 Å². The summed E-state index contributed by atoms with van der Waals surface area (Å²) in [4.78, 5) is 27.3. The van der Waals surface area contributed by atoms with E-state index in [2.05, 4.69) is 20.5 Å². The van der Waals surface area contributed by atoms with Crippen molar-refractivity contribution in [3.05, 3.63) is 23.0 Å². The van der Waals surface area contributed by atoms with E-state index in [-0.39, 0.29) is 0 Å². The minimum absolute atomic E-state index is 0.338. The van der Waals surface area contributed by atoms with Gasteiger partial charge in [0.2, 0.25) is 0 Å². The molecule has 21 heavy (non-hydrogen) atoms. The maximum absolute atomic E-state index is 12.2. The summed E-state index contributed by atoms with van der Waals surface area (Å²) in [5.41, 5.74) is 0.0341. The van der Waals surface area contributed by atoms with Crippen LogP contribution >= 0.6 is 0 Å². The van der Waals surface area contributed by atoms with Crippen LogP contribution in [0.25, 0.3) is 11.0 Å². The van der Waals surface area contributed by atoms with Crippen molar-refractivity contribution < 1.29 is 19.8 Å². The van der Waals surface area contributed by atoms with Crippen LogP contribution in [-0.4, -0.2) is 49.4 Å². The van der Waals surface area contributed by atoms with Gasteiger partial charge in [-0.15, -0.1) is 0 Å². The van der Waals surface area contributed by atoms with Gasteiger partial charge in [0.1, 0.15) is 0 Å². The number of carboxylic acids is 1. The highest BCUT2D eigenvalue weighted by molar-refractivity contribution is 6.06. The number of aromatic nitrogens is 3. The largest absolute Gasteiger partial charge is 0.479 e. The lowest BCUT2D eigenvalue weighted by Gasteiger charge is -2.18. The van der Waals surface area contributed by atoms with Crippen molar-refractivity contribution >= 4 is 22.9 Å². The number of nitrogens with one attached hydrogen (secondary N) is 2. The molecule has 0 aliphatic carbocycles. The van der Waals surface area contributed by atoms with E-state index in [1.54, 1.807) is 19.9 Å². The van der Waals surface area contributed by atoms with Gasteiger partial charge in [0.25, 0.3) is 5.91 Å². The normalized spacial score (nSPS) is 13.9. The van der Waals surface area contributed by atoms with Gasteiger partial charge in [0.05, 0.1) is 17.5 Å². The monoisotopic (exact) mass is 292 g/mol. The first kappa shape index (κ1) is 14.9. The molecular weight excluding hydrogens is 276 g/mol. The molecule has 8 nitrogen and oxygen atoms in total. The molecular formula is C13H16N4O4. The number of aliphatic carboxylic acids is 1. The number of aromatic amines is 1. The van der Waals surface area contributed by atoms with Crippen molar-refractivity contribution in [1.82, 2.24) is 20.5 Å². The zero-order valence-electron chi connectivity index (χ0n) is 11.9. The van der Waals surface area contributed by atoms with Gasteiger partial charge in [-0.2, -0.15) is 5.10 Å². The lowest BCUT2D eigenvalue weighted by molar-refractivity contribution is -0.155. The molecule has 0 saturated heterocycles. The molecule has 1 unspecified atom stereocenters. The van der Waals surface area contributed by atoms with E-state index in [0.717, 1.165) is 6.92 Å². The van der Waals surface area contributed by atoms with Crippen molar-refractivity contribution in [2.24, 2.45) is 0 Å². The minimum atomic E-state index is -2.03. The van der Waals surface area contributed by atoms with Gasteiger partial charge in [-0.3, -0.25) is 9.89 Å². The zero-order valence-corrected chi connectivity index (χ0v) is 11.9. The molecule has 2 aromatic heterocycles. The van der Waals surface area contributed by atoms with Crippen LogP contribution in [0.5, 0.6) is 0 Å².